The Morgan fingerprint density at radius 3 is 1.60 bits per heavy atom. The Balaban J connectivity index is 0. The monoisotopic (exact) mass is 200 g/mol. The van der Waals surface area contributed by atoms with Crippen LogP contribution in [0.2, 0.25) is 0 Å². The Morgan fingerprint density at radius 1 is 1.30 bits per heavy atom. The topological polar surface area (TPSA) is 54.4 Å². The van der Waals surface area contributed by atoms with E-state index in [4.69, 9.17) is 4.55 Å². The molecule has 64 valence electrons. The lowest BCUT2D eigenvalue weighted by Crippen LogP contribution is -2.21. The van der Waals surface area contributed by atoms with Crippen LogP contribution in [0.3, 0.4) is 0 Å². The SMILES string of the molecule is Cl.O=S(=O)(O)CC(F)(F)F. The van der Waals surface area contributed by atoms with Crippen molar-refractivity contribution in [2.75, 3.05) is 5.75 Å². The van der Waals surface area contributed by atoms with E-state index in [0.29, 0.717) is 0 Å². The standard InChI is InChI=1S/C2H3F3O3S.ClH/c3-2(4,5)1-9(6,7)8;/h1H2,(H,6,7,8);1H. The fourth-order valence-electron chi connectivity index (χ4n) is 0.207. The molecule has 0 amide bonds. The average molecular weight is 201 g/mol. The maximum Gasteiger partial charge on any atom is 0.405 e. The molecule has 0 rings (SSSR count). The van der Waals surface area contributed by atoms with Crippen LogP contribution in [-0.4, -0.2) is 24.9 Å². The highest BCUT2D eigenvalue weighted by Crippen LogP contribution is 2.15. The van der Waals surface area contributed by atoms with E-state index >= 15 is 0 Å². The normalized spacial score (nSPS) is 12.4. The molecule has 0 spiro atoms. The second kappa shape index (κ2) is 3.40. The zero-order valence-corrected chi connectivity index (χ0v) is 6.05. The molecule has 0 aromatic heterocycles. The van der Waals surface area contributed by atoms with Gasteiger partial charge < -0.3 is 0 Å². The molecular weight excluding hydrogens is 197 g/mol. The van der Waals surface area contributed by atoms with Gasteiger partial charge in [0.1, 0.15) is 0 Å². The number of hydrogen-bond donors (Lipinski definition) is 1. The van der Waals surface area contributed by atoms with E-state index in [0.717, 1.165) is 0 Å². The molecule has 0 saturated heterocycles. The van der Waals surface area contributed by atoms with Gasteiger partial charge in [-0.1, -0.05) is 0 Å². The first-order valence-corrected chi connectivity index (χ1v) is 3.33. The molecule has 10 heavy (non-hydrogen) atoms. The quantitative estimate of drug-likeness (QED) is 0.639. The first kappa shape index (κ1) is 12.6. The van der Waals surface area contributed by atoms with E-state index in [1.807, 2.05) is 0 Å². The molecule has 0 aliphatic heterocycles. The van der Waals surface area contributed by atoms with Gasteiger partial charge in [-0.15, -0.1) is 12.4 Å². The Labute approximate surface area is 61.4 Å². The lowest BCUT2D eigenvalue weighted by Gasteiger charge is -2.00. The van der Waals surface area contributed by atoms with Crippen LogP contribution in [0.1, 0.15) is 0 Å². The molecule has 0 atom stereocenters. The fraction of sp³-hybridized carbons (Fsp3) is 1.00. The second-order valence-corrected chi connectivity index (χ2v) is 2.79. The van der Waals surface area contributed by atoms with Crippen molar-refractivity contribution < 1.29 is 26.1 Å². The Hall–Kier alpha value is -0.0100. The van der Waals surface area contributed by atoms with Crippen molar-refractivity contribution in [1.82, 2.24) is 0 Å². The van der Waals surface area contributed by atoms with Gasteiger partial charge in [0, 0.05) is 0 Å². The Kier molecular flexibility index (Phi) is 4.30. The molecular formula is C2H4ClF3O3S. The van der Waals surface area contributed by atoms with Crippen LogP contribution in [0.4, 0.5) is 13.2 Å². The summed E-state index contributed by atoms with van der Waals surface area (Å²) in [5.74, 6) is -2.18. The highest BCUT2D eigenvalue weighted by molar-refractivity contribution is 7.85. The Morgan fingerprint density at radius 2 is 1.60 bits per heavy atom. The van der Waals surface area contributed by atoms with Gasteiger partial charge in [-0.05, 0) is 0 Å². The minimum absolute atomic E-state index is 0. The Bertz CT molecular complexity index is 182. The third-order valence-corrected chi connectivity index (χ3v) is 1.04. The molecule has 0 aliphatic carbocycles. The van der Waals surface area contributed by atoms with Crippen LogP contribution in [0.15, 0.2) is 0 Å². The number of halogens is 4. The molecule has 0 aliphatic rings. The summed E-state index contributed by atoms with van der Waals surface area (Å²) < 4.78 is 59.6. The highest BCUT2D eigenvalue weighted by atomic mass is 35.5. The summed E-state index contributed by atoms with van der Waals surface area (Å²) in [5, 5.41) is 0. The summed E-state index contributed by atoms with van der Waals surface area (Å²) >= 11 is 0. The van der Waals surface area contributed by atoms with Crippen LogP contribution >= 0.6 is 12.4 Å². The van der Waals surface area contributed by atoms with E-state index in [-0.39, 0.29) is 12.4 Å². The molecule has 0 radical (unpaired) electrons. The van der Waals surface area contributed by atoms with E-state index < -0.39 is 22.0 Å². The van der Waals surface area contributed by atoms with Crippen molar-refractivity contribution in [2.45, 2.75) is 6.18 Å². The van der Waals surface area contributed by atoms with Gasteiger partial charge in [-0.25, -0.2) is 0 Å². The molecule has 8 heteroatoms. The maximum atomic E-state index is 11.0. The molecule has 0 bridgehead atoms. The fourth-order valence-corrected chi connectivity index (χ4v) is 0.620. The van der Waals surface area contributed by atoms with Gasteiger partial charge in [0.05, 0.1) is 0 Å². The van der Waals surface area contributed by atoms with Crippen LogP contribution < -0.4 is 0 Å². The van der Waals surface area contributed by atoms with Crippen LogP contribution in [-0.2, 0) is 10.1 Å². The highest BCUT2D eigenvalue weighted by Gasteiger charge is 2.33. The molecule has 0 fully saturated rings. The van der Waals surface area contributed by atoms with Crippen molar-refractivity contribution in [3.8, 4) is 0 Å². The largest absolute Gasteiger partial charge is 0.405 e. The van der Waals surface area contributed by atoms with Gasteiger partial charge in [-0.2, -0.15) is 21.6 Å². The molecule has 0 aromatic rings. The van der Waals surface area contributed by atoms with E-state index in [9.17, 15) is 21.6 Å². The summed E-state index contributed by atoms with van der Waals surface area (Å²) in [6, 6.07) is 0. The van der Waals surface area contributed by atoms with E-state index in [1.165, 1.54) is 0 Å². The van der Waals surface area contributed by atoms with E-state index in [2.05, 4.69) is 0 Å². The van der Waals surface area contributed by atoms with Crippen LogP contribution in [0, 0.1) is 0 Å². The average Bonchev–Trinajstić information content (AvgIpc) is 1.14. The minimum Gasteiger partial charge on any atom is -0.285 e. The molecule has 1 N–H and O–H groups in total. The van der Waals surface area contributed by atoms with Gasteiger partial charge in [0.25, 0.3) is 10.1 Å². The number of rotatable bonds is 1. The van der Waals surface area contributed by atoms with Crippen LogP contribution in [0.25, 0.3) is 0 Å². The lowest BCUT2D eigenvalue weighted by atomic mass is 10.8. The molecule has 0 heterocycles. The van der Waals surface area contributed by atoms with E-state index in [1.54, 1.807) is 0 Å². The predicted octanol–water partition coefficient (Wildman–Crippen LogP) is 0.858. The lowest BCUT2D eigenvalue weighted by molar-refractivity contribution is -0.107. The van der Waals surface area contributed by atoms with Crippen molar-refractivity contribution in [3.05, 3.63) is 0 Å². The van der Waals surface area contributed by atoms with Gasteiger partial charge >= 0.3 is 6.18 Å². The molecule has 0 aromatic carbocycles. The number of alkyl halides is 3. The molecule has 0 saturated carbocycles. The van der Waals surface area contributed by atoms with Gasteiger partial charge in [0.2, 0.25) is 0 Å². The summed E-state index contributed by atoms with van der Waals surface area (Å²) in [7, 11) is -4.91. The molecule has 0 unspecified atom stereocenters. The summed E-state index contributed by atoms with van der Waals surface area (Å²) in [4.78, 5) is 0. The third kappa shape index (κ3) is 10.9. The zero-order valence-electron chi connectivity index (χ0n) is 4.42. The first-order chi connectivity index (χ1) is 3.71. The summed E-state index contributed by atoms with van der Waals surface area (Å²) in [5.41, 5.74) is 0. The van der Waals surface area contributed by atoms with Crippen molar-refractivity contribution >= 4 is 22.5 Å². The second-order valence-electron chi connectivity index (χ2n) is 1.34. The van der Waals surface area contributed by atoms with Crippen molar-refractivity contribution in [1.29, 1.82) is 0 Å². The summed E-state index contributed by atoms with van der Waals surface area (Å²) in [6.07, 6.45) is -4.85. The zero-order chi connectivity index (χ0) is 7.71. The van der Waals surface area contributed by atoms with Gasteiger partial charge in [-0.3, -0.25) is 4.55 Å². The van der Waals surface area contributed by atoms with Gasteiger partial charge in [0.15, 0.2) is 5.75 Å². The smallest absolute Gasteiger partial charge is 0.285 e. The summed E-state index contributed by atoms with van der Waals surface area (Å²) in [6.45, 7) is 0. The molecule has 3 nitrogen and oxygen atoms in total. The predicted molar refractivity (Wildman–Crippen MR) is 29.7 cm³/mol. The van der Waals surface area contributed by atoms with Crippen LogP contribution in [0.5, 0.6) is 0 Å². The third-order valence-electron chi connectivity index (χ3n) is 0.346. The van der Waals surface area contributed by atoms with Crippen molar-refractivity contribution in [2.24, 2.45) is 0 Å². The maximum absolute atomic E-state index is 11.0. The minimum atomic E-state index is -4.91. The number of hydrogen-bond acceptors (Lipinski definition) is 2. The van der Waals surface area contributed by atoms with Crippen molar-refractivity contribution in [3.63, 3.8) is 0 Å². The first-order valence-electron chi connectivity index (χ1n) is 1.73.